The Balaban J connectivity index is 1.23. The lowest BCUT2D eigenvalue weighted by atomic mass is 9.80. The summed E-state index contributed by atoms with van der Waals surface area (Å²) >= 11 is 0. The normalized spacial score (nSPS) is 12.6. The molecular weight excluding hydrogens is 603 g/mol. The Morgan fingerprint density at radius 3 is 1.94 bits per heavy atom. The maximum Gasteiger partial charge on any atom is 0.270 e. The summed E-state index contributed by atoms with van der Waals surface area (Å²) in [6, 6.07) is 29.7. The molecule has 0 spiro atoms. The van der Waals surface area contributed by atoms with E-state index in [4.69, 9.17) is 9.72 Å². The molecule has 0 saturated carbocycles. The lowest BCUT2D eigenvalue weighted by molar-refractivity contribution is -0.599. The Kier molecular flexibility index (Phi) is 7.74. The Morgan fingerprint density at radius 2 is 1.22 bits per heavy atom. The van der Waals surface area contributed by atoms with Crippen molar-refractivity contribution in [3.8, 4) is 28.8 Å². The first-order chi connectivity index (χ1) is 23.1. The van der Waals surface area contributed by atoms with Crippen LogP contribution < -0.4 is 9.30 Å². The fraction of sp³-hybridized carbons (Fsp3) is 0.279. The maximum atomic E-state index is 6.50. The molecule has 0 unspecified atom stereocenters. The van der Waals surface area contributed by atoms with E-state index < -0.39 is 0 Å². The van der Waals surface area contributed by atoms with Gasteiger partial charge in [0.05, 0.1) is 16.7 Å². The SMILES string of the molecule is CC(C)(C)c1cc(-[n+]2[c-]n(-c3cc(Oc4ccc5c6ccccc6n(-c6cc(C(C)(C)C)ccn6)c5c4)ccn3)cc2)cc(C(C)(C)C)c1. The summed E-state index contributed by atoms with van der Waals surface area (Å²) in [5.74, 6) is 3.04. The van der Waals surface area contributed by atoms with Crippen LogP contribution in [0.3, 0.4) is 0 Å². The number of para-hydroxylation sites is 1. The summed E-state index contributed by atoms with van der Waals surface area (Å²) in [7, 11) is 0. The molecule has 0 fully saturated rings. The molecule has 4 aromatic heterocycles. The molecule has 0 bridgehead atoms. The first-order valence-corrected chi connectivity index (χ1v) is 17.0. The summed E-state index contributed by atoms with van der Waals surface area (Å²) in [5.41, 5.74) is 7.11. The molecule has 0 radical (unpaired) electrons. The van der Waals surface area contributed by atoms with Crippen LogP contribution in [0.5, 0.6) is 11.5 Å². The zero-order chi connectivity index (χ0) is 34.7. The van der Waals surface area contributed by atoms with E-state index in [9.17, 15) is 0 Å². The second kappa shape index (κ2) is 11.7. The zero-order valence-corrected chi connectivity index (χ0v) is 30.0. The van der Waals surface area contributed by atoms with Crippen molar-refractivity contribution < 1.29 is 9.30 Å². The van der Waals surface area contributed by atoms with Crippen molar-refractivity contribution in [2.24, 2.45) is 0 Å². The molecule has 6 heteroatoms. The van der Waals surface area contributed by atoms with E-state index in [1.807, 2.05) is 45.9 Å². The lowest BCUT2D eigenvalue weighted by Crippen LogP contribution is -2.30. The molecular formula is C43H45N5O. The van der Waals surface area contributed by atoms with Gasteiger partial charge in [-0.05, 0) is 81.5 Å². The van der Waals surface area contributed by atoms with Crippen molar-refractivity contribution in [3.05, 3.63) is 133 Å². The average molecular weight is 648 g/mol. The number of pyridine rings is 2. The quantitative estimate of drug-likeness (QED) is 0.138. The third kappa shape index (κ3) is 6.35. The Labute approximate surface area is 289 Å². The van der Waals surface area contributed by atoms with Crippen LogP contribution in [0.1, 0.15) is 79.0 Å². The monoisotopic (exact) mass is 647 g/mol. The summed E-state index contributed by atoms with van der Waals surface area (Å²) in [4.78, 5) is 9.48. The van der Waals surface area contributed by atoms with Gasteiger partial charge in [-0.15, -0.1) is 0 Å². The highest BCUT2D eigenvalue weighted by molar-refractivity contribution is 6.09. The molecule has 49 heavy (non-hydrogen) atoms. The predicted molar refractivity (Wildman–Crippen MR) is 199 cm³/mol. The van der Waals surface area contributed by atoms with E-state index in [0.717, 1.165) is 39.5 Å². The third-order valence-corrected chi connectivity index (χ3v) is 9.19. The molecule has 0 amide bonds. The molecule has 0 N–H and O–H groups in total. The van der Waals surface area contributed by atoms with Crippen molar-refractivity contribution in [1.29, 1.82) is 0 Å². The summed E-state index contributed by atoms with van der Waals surface area (Å²) in [6.45, 7) is 20.2. The first-order valence-electron chi connectivity index (χ1n) is 17.0. The lowest BCUT2D eigenvalue weighted by Gasteiger charge is -2.26. The van der Waals surface area contributed by atoms with Crippen molar-refractivity contribution in [2.75, 3.05) is 0 Å². The van der Waals surface area contributed by atoms with E-state index >= 15 is 0 Å². The number of hydrogen-bond acceptors (Lipinski definition) is 3. The van der Waals surface area contributed by atoms with Crippen molar-refractivity contribution in [2.45, 2.75) is 78.6 Å². The van der Waals surface area contributed by atoms with Gasteiger partial charge in [0.2, 0.25) is 0 Å². The molecule has 7 aromatic rings. The van der Waals surface area contributed by atoms with Gasteiger partial charge in [0.25, 0.3) is 6.33 Å². The first kappa shape index (κ1) is 32.3. The molecule has 3 aromatic carbocycles. The van der Waals surface area contributed by atoms with E-state index in [0.29, 0.717) is 5.75 Å². The molecule has 248 valence electrons. The number of hydrogen-bond donors (Lipinski definition) is 0. The van der Waals surface area contributed by atoms with E-state index in [1.54, 1.807) is 6.20 Å². The fourth-order valence-electron chi connectivity index (χ4n) is 6.20. The van der Waals surface area contributed by atoms with Gasteiger partial charge in [-0.2, -0.15) is 0 Å². The van der Waals surface area contributed by atoms with Crippen LogP contribution in [0.4, 0.5) is 0 Å². The second-order valence-electron chi connectivity index (χ2n) is 16.0. The molecule has 6 nitrogen and oxygen atoms in total. The smallest absolute Gasteiger partial charge is 0.270 e. The van der Waals surface area contributed by atoms with Crippen LogP contribution in [-0.4, -0.2) is 19.1 Å². The van der Waals surface area contributed by atoms with Gasteiger partial charge in [0.1, 0.15) is 17.3 Å². The molecule has 7 rings (SSSR count). The number of fused-ring (bicyclic) bond motifs is 3. The van der Waals surface area contributed by atoms with Crippen LogP contribution in [-0.2, 0) is 16.2 Å². The molecule has 0 atom stereocenters. The van der Waals surface area contributed by atoms with Crippen LogP contribution in [0.15, 0.2) is 110 Å². The molecule has 4 heterocycles. The van der Waals surface area contributed by atoms with Crippen LogP contribution in [0, 0.1) is 6.33 Å². The third-order valence-electron chi connectivity index (χ3n) is 9.19. The van der Waals surface area contributed by atoms with E-state index in [-0.39, 0.29) is 16.2 Å². The summed E-state index contributed by atoms with van der Waals surface area (Å²) < 4.78 is 12.7. The number of imidazole rings is 1. The number of aromatic nitrogens is 5. The van der Waals surface area contributed by atoms with E-state index in [1.165, 1.54) is 22.1 Å². The van der Waals surface area contributed by atoms with Gasteiger partial charge in [0, 0.05) is 47.7 Å². The topological polar surface area (TPSA) is 48.8 Å². The van der Waals surface area contributed by atoms with Gasteiger partial charge in [-0.3, -0.25) is 18.7 Å². The number of benzene rings is 3. The number of rotatable bonds is 5. The van der Waals surface area contributed by atoms with Gasteiger partial charge in [0.15, 0.2) is 5.82 Å². The minimum absolute atomic E-state index is 0.00597. The van der Waals surface area contributed by atoms with Crippen molar-refractivity contribution >= 4 is 21.8 Å². The number of nitrogens with zero attached hydrogens (tertiary/aromatic N) is 5. The molecule has 0 saturated heterocycles. The highest BCUT2D eigenvalue weighted by Gasteiger charge is 2.22. The molecule has 0 aliphatic heterocycles. The Hall–Kier alpha value is -5.23. The van der Waals surface area contributed by atoms with Crippen LogP contribution in [0.2, 0.25) is 0 Å². The van der Waals surface area contributed by atoms with Gasteiger partial charge >= 0.3 is 0 Å². The zero-order valence-electron chi connectivity index (χ0n) is 30.0. The summed E-state index contributed by atoms with van der Waals surface area (Å²) in [6.07, 6.45) is 11.2. The summed E-state index contributed by atoms with van der Waals surface area (Å²) in [5, 5.41) is 2.33. The van der Waals surface area contributed by atoms with E-state index in [2.05, 4.69) is 145 Å². The Bertz CT molecular complexity index is 2290. The molecule has 0 aliphatic rings. The van der Waals surface area contributed by atoms with Gasteiger partial charge < -0.3 is 4.74 Å². The Morgan fingerprint density at radius 1 is 0.592 bits per heavy atom. The highest BCUT2D eigenvalue weighted by Crippen LogP contribution is 2.36. The largest absolute Gasteiger partial charge is 0.458 e. The van der Waals surface area contributed by atoms with Crippen LogP contribution >= 0.6 is 0 Å². The average Bonchev–Trinajstić information content (AvgIpc) is 3.67. The second-order valence-corrected chi connectivity index (χ2v) is 16.0. The standard InChI is InChI=1S/C43H45N5O/c1-41(2,3)29-16-18-45-40(25-29)48-37-13-11-10-12-35(37)36-15-14-33(26-38(36)48)49-34-17-19-44-39(27-34)47-21-20-46(28-47)32-23-30(42(4,5)6)22-31(24-32)43(7,8)9/h10-27H,1-9H3. The maximum absolute atomic E-state index is 6.50. The van der Waals surface area contributed by atoms with Gasteiger partial charge in [-0.25, -0.2) is 4.98 Å². The predicted octanol–water partition coefficient (Wildman–Crippen LogP) is 10.1. The fourth-order valence-corrected chi connectivity index (χ4v) is 6.20. The van der Waals surface area contributed by atoms with Gasteiger partial charge in [-0.1, -0.05) is 86.6 Å². The minimum Gasteiger partial charge on any atom is -0.458 e. The minimum atomic E-state index is 0.00597. The molecule has 0 aliphatic carbocycles. The number of ether oxygens (including phenoxy) is 1. The van der Waals surface area contributed by atoms with Crippen molar-refractivity contribution in [1.82, 2.24) is 19.1 Å². The van der Waals surface area contributed by atoms with Crippen molar-refractivity contribution in [3.63, 3.8) is 0 Å². The highest BCUT2D eigenvalue weighted by atomic mass is 16.5. The van der Waals surface area contributed by atoms with Crippen LogP contribution in [0.25, 0.3) is 39.1 Å².